The van der Waals surface area contributed by atoms with Crippen LogP contribution in [0.3, 0.4) is 0 Å². The molecule has 6 heteroatoms. The van der Waals surface area contributed by atoms with Gasteiger partial charge in [0.25, 0.3) is 0 Å². The molecule has 1 aromatic rings. The Morgan fingerprint density at radius 3 is 2.21 bits per heavy atom. The van der Waals surface area contributed by atoms with Crippen LogP contribution >= 0.6 is 24.0 Å². The average molecular weight is 502 g/mol. The van der Waals surface area contributed by atoms with E-state index < -0.39 is 0 Å². The van der Waals surface area contributed by atoms with Crippen molar-refractivity contribution in [3.63, 3.8) is 0 Å². The van der Waals surface area contributed by atoms with Gasteiger partial charge in [0, 0.05) is 39.3 Å². The molecule has 1 aliphatic heterocycles. The third-order valence-corrected chi connectivity index (χ3v) is 5.48. The van der Waals surface area contributed by atoms with Crippen LogP contribution in [0, 0.1) is 0 Å². The molecule has 5 nitrogen and oxygen atoms in total. The fourth-order valence-corrected chi connectivity index (χ4v) is 3.66. The van der Waals surface area contributed by atoms with Crippen molar-refractivity contribution in [3.05, 3.63) is 35.4 Å². The summed E-state index contributed by atoms with van der Waals surface area (Å²) in [7, 11) is 1.86. The van der Waals surface area contributed by atoms with Gasteiger partial charge in [-0.25, -0.2) is 0 Å². The van der Waals surface area contributed by atoms with E-state index in [9.17, 15) is 0 Å². The van der Waals surface area contributed by atoms with Crippen molar-refractivity contribution >= 4 is 29.9 Å². The molecule has 2 rings (SSSR count). The Balaban J connectivity index is 0.00000392. The largest absolute Gasteiger partial charge is 0.354 e. The van der Waals surface area contributed by atoms with Crippen molar-refractivity contribution in [1.82, 2.24) is 20.4 Å². The lowest BCUT2D eigenvalue weighted by atomic mass is 10.1. The maximum absolute atomic E-state index is 4.41. The van der Waals surface area contributed by atoms with Crippen molar-refractivity contribution in [3.8, 4) is 0 Å². The van der Waals surface area contributed by atoms with Gasteiger partial charge in [-0.15, -0.1) is 24.0 Å². The first-order valence-corrected chi connectivity index (χ1v) is 10.7. The van der Waals surface area contributed by atoms with Gasteiger partial charge in [0.05, 0.1) is 0 Å². The standard InChI is InChI=1S/C22H39N5.HI/c1-5-14-27-15-12-21(13-16-27)25-22(23-4)24-17-19-8-10-20(11-9-19)18-26(6-2)7-3;/h8-11,21H,5-7,12-18H2,1-4H3,(H2,23,24,25);1H. The van der Waals surface area contributed by atoms with E-state index in [1.807, 2.05) is 7.05 Å². The second-order valence-corrected chi connectivity index (χ2v) is 7.46. The van der Waals surface area contributed by atoms with Crippen LogP contribution in [0.1, 0.15) is 51.2 Å². The number of nitrogens with zero attached hydrogens (tertiary/aromatic N) is 3. The van der Waals surface area contributed by atoms with Crippen LogP contribution in [-0.4, -0.2) is 61.6 Å². The number of hydrogen-bond donors (Lipinski definition) is 2. The molecule has 0 spiro atoms. The lowest BCUT2D eigenvalue weighted by molar-refractivity contribution is 0.206. The summed E-state index contributed by atoms with van der Waals surface area (Å²) in [6, 6.07) is 9.47. The molecule has 0 saturated carbocycles. The minimum atomic E-state index is 0. The monoisotopic (exact) mass is 501 g/mol. The second kappa shape index (κ2) is 14.2. The molecule has 0 aromatic heterocycles. The molecule has 0 bridgehead atoms. The number of halogens is 1. The van der Waals surface area contributed by atoms with E-state index in [4.69, 9.17) is 0 Å². The maximum Gasteiger partial charge on any atom is 0.191 e. The number of aliphatic imine (C=N–C) groups is 1. The molecule has 0 atom stereocenters. The van der Waals surface area contributed by atoms with Crippen LogP contribution in [0.25, 0.3) is 0 Å². The molecule has 28 heavy (non-hydrogen) atoms. The van der Waals surface area contributed by atoms with E-state index in [2.05, 4.69) is 70.5 Å². The lowest BCUT2D eigenvalue weighted by Crippen LogP contribution is -2.48. The Bertz CT molecular complexity index is 549. The van der Waals surface area contributed by atoms with Gasteiger partial charge in [0.2, 0.25) is 0 Å². The minimum absolute atomic E-state index is 0. The van der Waals surface area contributed by atoms with Crippen molar-refractivity contribution in [2.45, 2.75) is 59.2 Å². The Kier molecular flexibility index (Phi) is 12.7. The highest BCUT2D eigenvalue weighted by Crippen LogP contribution is 2.11. The van der Waals surface area contributed by atoms with Gasteiger partial charge >= 0.3 is 0 Å². The lowest BCUT2D eigenvalue weighted by Gasteiger charge is -2.32. The SMILES string of the molecule is CCCN1CCC(NC(=NC)NCc2ccc(CN(CC)CC)cc2)CC1.I. The smallest absolute Gasteiger partial charge is 0.191 e. The van der Waals surface area contributed by atoms with E-state index >= 15 is 0 Å². The van der Waals surface area contributed by atoms with Gasteiger partial charge in [-0.3, -0.25) is 9.89 Å². The number of nitrogens with one attached hydrogen (secondary N) is 2. The summed E-state index contributed by atoms with van der Waals surface area (Å²) >= 11 is 0. The molecule has 1 fully saturated rings. The molecule has 0 unspecified atom stereocenters. The molecule has 1 saturated heterocycles. The van der Waals surface area contributed by atoms with E-state index in [1.165, 1.54) is 50.0 Å². The summed E-state index contributed by atoms with van der Waals surface area (Å²) in [5.41, 5.74) is 2.67. The minimum Gasteiger partial charge on any atom is -0.354 e. The number of hydrogen-bond acceptors (Lipinski definition) is 3. The number of likely N-dealkylation sites (tertiary alicyclic amines) is 1. The van der Waals surface area contributed by atoms with Crippen LogP contribution in [0.5, 0.6) is 0 Å². The number of rotatable bonds is 9. The van der Waals surface area contributed by atoms with E-state index in [1.54, 1.807) is 0 Å². The van der Waals surface area contributed by atoms with Crippen LogP contribution in [0.15, 0.2) is 29.3 Å². The first kappa shape index (κ1) is 25.2. The first-order chi connectivity index (χ1) is 13.2. The molecular formula is C22H40IN5. The Labute approximate surface area is 189 Å². The quantitative estimate of drug-likeness (QED) is 0.308. The maximum atomic E-state index is 4.41. The second-order valence-electron chi connectivity index (χ2n) is 7.46. The number of benzene rings is 1. The van der Waals surface area contributed by atoms with Gasteiger partial charge in [-0.1, -0.05) is 45.0 Å². The van der Waals surface area contributed by atoms with E-state index in [0.29, 0.717) is 6.04 Å². The molecule has 0 amide bonds. The molecule has 160 valence electrons. The van der Waals surface area contributed by atoms with Gasteiger partial charge in [-0.2, -0.15) is 0 Å². The predicted molar refractivity (Wildman–Crippen MR) is 132 cm³/mol. The summed E-state index contributed by atoms with van der Waals surface area (Å²) in [4.78, 5) is 9.40. The summed E-state index contributed by atoms with van der Waals surface area (Å²) < 4.78 is 0. The molecule has 2 N–H and O–H groups in total. The Morgan fingerprint density at radius 1 is 1.07 bits per heavy atom. The fourth-order valence-electron chi connectivity index (χ4n) is 3.66. The van der Waals surface area contributed by atoms with Gasteiger partial charge in [-0.05, 0) is 50.0 Å². The number of piperidine rings is 1. The van der Waals surface area contributed by atoms with Crippen molar-refractivity contribution in [2.75, 3.05) is 39.8 Å². The molecular weight excluding hydrogens is 461 g/mol. The summed E-state index contributed by atoms with van der Waals surface area (Å²) in [6.45, 7) is 14.3. The Morgan fingerprint density at radius 2 is 1.68 bits per heavy atom. The summed E-state index contributed by atoms with van der Waals surface area (Å²) in [5, 5.41) is 7.06. The molecule has 1 heterocycles. The molecule has 0 aliphatic carbocycles. The molecule has 1 aromatic carbocycles. The van der Waals surface area contributed by atoms with Gasteiger partial charge in [0.15, 0.2) is 5.96 Å². The third-order valence-electron chi connectivity index (χ3n) is 5.48. The summed E-state index contributed by atoms with van der Waals surface area (Å²) in [6.07, 6.45) is 3.64. The van der Waals surface area contributed by atoms with Crippen molar-refractivity contribution in [2.24, 2.45) is 4.99 Å². The van der Waals surface area contributed by atoms with Crippen LogP contribution < -0.4 is 10.6 Å². The third kappa shape index (κ3) is 8.66. The highest BCUT2D eigenvalue weighted by molar-refractivity contribution is 14.0. The average Bonchev–Trinajstić information content (AvgIpc) is 2.71. The fraction of sp³-hybridized carbons (Fsp3) is 0.682. The van der Waals surface area contributed by atoms with E-state index in [-0.39, 0.29) is 24.0 Å². The van der Waals surface area contributed by atoms with Gasteiger partial charge in [0.1, 0.15) is 0 Å². The predicted octanol–water partition coefficient (Wildman–Crippen LogP) is 3.69. The highest BCUT2D eigenvalue weighted by atomic mass is 127. The van der Waals surface area contributed by atoms with Crippen LogP contribution in [0.2, 0.25) is 0 Å². The van der Waals surface area contributed by atoms with Crippen LogP contribution in [0.4, 0.5) is 0 Å². The zero-order valence-corrected chi connectivity index (χ0v) is 20.5. The highest BCUT2D eigenvalue weighted by Gasteiger charge is 2.19. The first-order valence-electron chi connectivity index (χ1n) is 10.7. The topological polar surface area (TPSA) is 42.9 Å². The normalized spacial score (nSPS) is 16.1. The number of guanidine groups is 1. The van der Waals surface area contributed by atoms with Crippen molar-refractivity contribution in [1.29, 1.82) is 0 Å². The van der Waals surface area contributed by atoms with Crippen LogP contribution in [-0.2, 0) is 13.1 Å². The van der Waals surface area contributed by atoms with Gasteiger partial charge < -0.3 is 15.5 Å². The zero-order chi connectivity index (χ0) is 19.5. The van der Waals surface area contributed by atoms with Crippen molar-refractivity contribution < 1.29 is 0 Å². The molecule has 0 radical (unpaired) electrons. The Hall–Kier alpha value is -0.860. The summed E-state index contributed by atoms with van der Waals surface area (Å²) in [5.74, 6) is 0.913. The zero-order valence-electron chi connectivity index (χ0n) is 18.2. The molecule has 1 aliphatic rings. The van der Waals surface area contributed by atoms with E-state index in [0.717, 1.165) is 32.1 Å².